The molecule has 1 N–H and O–H groups in total. The van der Waals surface area contributed by atoms with Gasteiger partial charge in [0.1, 0.15) is 24.7 Å². The van der Waals surface area contributed by atoms with E-state index in [1.165, 1.54) is 16.4 Å². The van der Waals surface area contributed by atoms with Crippen LogP contribution in [-0.4, -0.2) is 44.9 Å². The topological polar surface area (TPSA) is 84.9 Å². The van der Waals surface area contributed by atoms with Crippen molar-refractivity contribution in [3.05, 3.63) is 84.4 Å². The fourth-order valence-corrected chi connectivity index (χ4v) is 5.22. The lowest BCUT2D eigenvalue weighted by Crippen LogP contribution is -2.35. The minimum Gasteiger partial charge on any atom is -0.490 e. The molecule has 0 radical (unpaired) electrons. The zero-order chi connectivity index (χ0) is 23.8. The quantitative estimate of drug-likeness (QED) is 0.454. The predicted octanol–water partition coefficient (Wildman–Crippen LogP) is 4.57. The van der Waals surface area contributed by atoms with Gasteiger partial charge in [0.25, 0.3) is 5.91 Å². The number of benzene rings is 3. The summed E-state index contributed by atoms with van der Waals surface area (Å²) in [5.74, 6) is 1.14. The molecule has 3 aromatic carbocycles. The minimum absolute atomic E-state index is 0.241. The molecule has 0 saturated carbocycles. The normalized spacial score (nSPS) is 14.4. The van der Waals surface area contributed by atoms with Crippen molar-refractivity contribution in [2.24, 2.45) is 0 Å². The van der Waals surface area contributed by atoms with Gasteiger partial charge in [-0.2, -0.15) is 4.31 Å². The second kappa shape index (κ2) is 11.2. The van der Waals surface area contributed by atoms with Crippen LogP contribution in [0.3, 0.4) is 0 Å². The standard InChI is InChI=1S/C26H28N2O5S/c29-26(21-9-13-24(14-10-21)33-20-19-32-23-7-3-1-4-8-23)27-22-11-15-25(16-12-22)34(30,31)28-17-5-2-6-18-28/h1,3-4,7-16H,2,5-6,17-20H2,(H,27,29). The van der Waals surface area contributed by atoms with E-state index in [0.29, 0.717) is 43.3 Å². The number of piperidine rings is 1. The van der Waals surface area contributed by atoms with Gasteiger partial charge in [-0.1, -0.05) is 24.6 Å². The number of carbonyl (C=O) groups is 1. The Kier molecular flexibility index (Phi) is 7.82. The van der Waals surface area contributed by atoms with E-state index in [-0.39, 0.29) is 10.8 Å². The van der Waals surface area contributed by atoms with Crippen molar-refractivity contribution in [2.75, 3.05) is 31.6 Å². The first kappa shape index (κ1) is 23.8. The summed E-state index contributed by atoms with van der Waals surface area (Å²) in [6.07, 6.45) is 2.84. The summed E-state index contributed by atoms with van der Waals surface area (Å²) in [6, 6.07) is 22.6. The van der Waals surface area contributed by atoms with Crippen molar-refractivity contribution in [3.8, 4) is 11.5 Å². The van der Waals surface area contributed by atoms with Gasteiger partial charge in [0.2, 0.25) is 10.0 Å². The number of para-hydroxylation sites is 1. The van der Waals surface area contributed by atoms with E-state index in [9.17, 15) is 13.2 Å². The molecule has 8 heteroatoms. The third-order valence-corrected chi connectivity index (χ3v) is 7.46. The van der Waals surface area contributed by atoms with Gasteiger partial charge in [0.05, 0.1) is 4.90 Å². The number of rotatable bonds is 9. The average Bonchev–Trinajstić information content (AvgIpc) is 2.88. The third-order valence-electron chi connectivity index (χ3n) is 5.55. The van der Waals surface area contributed by atoms with E-state index in [1.54, 1.807) is 36.4 Å². The first-order valence-electron chi connectivity index (χ1n) is 11.3. The molecule has 1 fully saturated rings. The second-order valence-electron chi connectivity index (χ2n) is 7.98. The lowest BCUT2D eigenvalue weighted by atomic mass is 10.2. The van der Waals surface area contributed by atoms with Gasteiger partial charge in [-0.25, -0.2) is 8.42 Å². The Morgan fingerprint density at radius 2 is 1.35 bits per heavy atom. The van der Waals surface area contributed by atoms with Crippen LogP contribution in [-0.2, 0) is 10.0 Å². The van der Waals surface area contributed by atoms with E-state index >= 15 is 0 Å². The van der Waals surface area contributed by atoms with Crippen LogP contribution in [0.25, 0.3) is 0 Å². The monoisotopic (exact) mass is 480 g/mol. The van der Waals surface area contributed by atoms with Gasteiger partial charge in [0.15, 0.2) is 0 Å². The summed E-state index contributed by atoms with van der Waals surface area (Å²) in [4.78, 5) is 12.8. The van der Waals surface area contributed by atoms with Crippen LogP contribution in [0.5, 0.6) is 11.5 Å². The van der Waals surface area contributed by atoms with E-state index < -0.39 is 10.0 Å². The maximum absolute atomic E-state index is 12.8. The molecule has 3 aromatic rings. The number of amides is 1. The molecule has 1 aliphatic heterocycles. The predicted molar refractivity (Wildman–Crippen MR) is 131 cm³/mol. The number of sulfonamides is 1. The summed E-state index contributed by atoms with van der Waals surface area (Å²) in [5, 5.41) is 2.80. The van der Waals surface area contributed by atoms with Gasteiger partial charge < -0.3 is 14.8 Å². The Hall–Kier alpha value is -3.36. The van der Waals surface area contributed by atoms with Crippen molar-refractivity contribution in [3.63, 3.8) is 0 Å². The average molecular weight is 481 g/mol. The smallest absolute Gasteiger partial charge is 0.255 e. The number of hydrogen-bond donors (Lipinski definition) is 1. The third kappa shape index (κ3) is 6.15. The van der Waals surface area contributed by atoms with Crippen molar-refractivity contribution in [2.45, 2.75) is 24.2 Å². The van der Waals surface area contributed by atoms with E-state index in [1.807, 2.05) is 30.3 Å². The Morgan fingerprint density at radius 3 is 1.97 bits per heavy atom. The highest BCUT2D eigenvalue weighted by Crippen LogP contribution is 2.22. The van der Waals surface area contributed by atoms with Crippen molar-refractivity contribution in [1.29, 1.82) is 0 Å². The molecule has 1 heterocycles. The lowest BCUT2D eigenvalue weighted by molar-refractivity contribution is 0.102. The molecule has 34 heavy (non-hydrogen) atoms. The Balaban J connectivity index is 1.27. The maximum Gasteiger partial charge on any atom is 0.255 e. The molecule has 7 nitrogen and oxygen atoms in total. The van der Waals surface area contributed by atoms with Crippen LogP contribution < -0.4 is 14.8 Å². The number of anilines is 1. The van der Waals surface area contributed by atoms with Gasteiger partial charge in [-0.3, -0.25) is 4.79 Å². The Morgan fingerprint density at radius 1 is 0.765 bits per heavy atom. The van der Waals surface area contributed by atoms with E-state index in [4.69, 9.17) is 9.47 Å². The molecule has 0 unspecified atom stereocenters. The van der Waals surface area contributed by atoms with Gasteiger partial charge in [-0.15, -0.1) is 0 Å². The number of nitrogens with zero attached hydrogens (tertiary/aromatic N) is 1. The molecule has 0 aromatic heterocycles. The molecule has 4 rings (SSSR count). The van der Waals surface area contributed by atoms with Gasteiger partial charge in [0, 0.05) is 24.3 Å². The molecule has 0 spiro atoms. The minimum atomic E-state index is -3.49. The van der Waals surface area contributed by atoms with Crippen LogP contribution in [0.15, 0.2) is 83.8 Å². The van der Waals surface area contributed by atoms with E-state index in [0.717, 1.165) is 25.0 Å². The largest absolute Gasteiger partial charge is 0.490 e. The molecular weight excluding hydrogens is 452 g/mol. The van der Waals surface area contributed by atoms with Crippen LogP contribution in [0.4, 0.5) is 5.69 Å². The maximum atomic E-state index is 12.8. The highest BCUT2D eigenvalue weighted by atomic mass is 32.2. The van der Waals surface area contributed by atoms with E-state index in [2.05, 4.69) is 5.32 Å². The fraction of sp³-hybridized carbons (Fsp3) is 0.269. The zero-order valence-corrected chi connectivity index (χ0v) is 19.7. The second-order valence-corrected chi connectivity index (χ2v) is 9.92. The summed E-state index contributed by atoms with van der Waals surface area (Å²) >= 11 is 0. The lowest BCUT2D eigenvalue weighted by Gasteiger charge is -2.25. The van der Waals surface area contributed by atoms with Crippen LogP contribution >= 0.6 is 0 Å². The number of nitrogens with one attached hydrogen (secondary N) is 1. The first-order valence-corrected chi connectivity index (χ1v) is 12.8. The summed E-state index contributed by atoms with van der Waals surface area (Å²) in [6.45, 7) is 1.91. The van der Waals surface area contributed by atoms with Crippen LogP contribution in [0.1, 0.15) is 29.6 Å². The summed E-state index contributed by atoms with van der Waals surface area (Å²) < 4.78 is 38.3. The molecule has 1 amide bonds. The van der Waals surface area contributed by atoms with Crippen LogP contribution in [0.2, 0.25) is 0 Å². The highest BCUT2D eigenvalue weighted by Gasteiger charge is 2.25. The molecule has 1 saturated heterocycles. The number of ether oxygens (including phenoxy) is 2. The number of carbonyl (C=O) groups excluding carboxylic acids is 1. The van der Waals surface area contributed by atoms with Crippen molar-refractivity contribution >= 4 is 21.6 Å². The zero-order valence-electron chi connectivity index (χ0n) is 18.9. The molecule has 0 bridgehead atoms. The summed E-state index contributed by atoms with van der Waals surface area (Å²) in [7, 11) is -3.49. The SMILES string of the molecule is O=C(Nc1ccc(S(=O)(=O)N2CCCCC2)cc1)c1ccc(OCCOc2ccccc2)cc1. The molecule has 1 aliphatic rings. The first-order chi connectivity index (χ1) is 16.5. The molecule has 178 valence electrons. The Bertz CT molecular complexity index is 1170. The summed E-state index contributed by atoms with van der Waals surface area (Å²) in [5.41, 5.74) is 0.999. The van der Waals surface area contributed by atoms with Crippen molar-refractivity contribution < 1.29 is 22.7 Å². The van der Waals surface area contributed by atoms with Gasteiger partial charge >= 0.3 is 0 Å². The molecule has 0 aliphatic carbocycles. The highest BCUT2D eigenvalue weighted by molar-refractivity contribution is 7.89. The Labute approximate surface area is 200 Å². The van der Waals surface area contributed by atoms with Crippen LogP contribution in [0, 0.1) is 0 Å². The van der Waals surface area contributed by atoms with Crippen molar-refractivity contribution in [1.82, 2.24) is 4.31 Å². The number of hydrogen-bond acceptors (Lipinski definition) is 5. The van der Waals surface area contributed by atoms with Gasteiger partial charge in [-0.05, 0) is 73.5 Å². The fourth-order valence-electron chi connectivity index (χ4n) is 3.71. The molecule has 0 atom stereocenters. The molecular formula is C26H28N2O5S.